The van der Waals surface area contributed by atoms with Crippen molar-refractivity contribution in [1.82, 2.24) is 0 Å². The van der Waals surface area contributed by atoms with Crippen LogP contribution in [0.5, 0.6) is 0 Å². The lowest BCUT2D eigenvalue weighted by Gasteiger charge is -2.24. The van der Waals surface area contributed by atoms with E-state index in [-0.39, 0.29) is 30.0 Å². The van der Waals surface area contributed by atoms with Crippen LogP contribution in [0.3, 0.4) is 0 Å². The normalized spacial score (nSPS) is 28.8. The molecule has 288 valence electrons. The zero-order valence-electron chi connectivity index (χ0n) is 30.6. The van der Waals surface area contributed by atoms with Crippen LogP contribution in [-0.4, -0.2) is 93.1 Å². The van der Waals surface area contributed by atoms with E-state index in [0.717, 1.165) is 0 Å². The monoisotopic (exact) mass is 728 g/mol. The van der Waals surface area contributed by atoms with E-state index in [0.29, 0.717) is 51.4 Å². The van der Waals surface area contributed by atoms with Gasteiger partial charge in [-0.3, -0.25) is 19.2 Å². The van der Waals surface area contributed by atoms with E-state index in [1.165, 1.54) is 0 Å². The Kier molecular flexibility index (Phi) is 24.0. The second kappa shape index (κ2) is 27.3. The number of rotatable bonds is 9. The molecule has 0 aromatic carbocycles. The van der Waals surface area contributed by atoms with Crippen molar-refractivity contribution in [3.8, 4) is 0 Å². The summed E-state index contributed by atoms with van der Waals surface area (Å²) in [5.41, 5.74) is 0. The molecule has 0 spiro atoms. The topological polar surface area (TPSA) is 186 Å². The third-order valence-electron chi connectivity index (χ3n) is 7.59. The lowest BCUT2D eigenvalue weighted by molar-refractivity contribution is -0.159. The lowest BCUT2D eigenvalue weighted by atomic mass is 10.1. The van der Waals surface area contributed by atoms with Gasteiger partial charge >= 0.3 is 23.9 Å². The fraction of sp³-hybridized carbons (Fsp3) is 0.500. The van der Waals surface area contributed by atoms with E-state index in [2.05, 4.69) is 0 Å². The summed E-state index contributed by atoms with van der Waals surface area (Å²) in [6.07, 6.45) is 27.9. The molecular weight excluding hydrogens is 672 g/mol. The Balaban J connectivity index is 0.000000347. The van der Waals surface area contributed by atoms with Gasteiger partial charge < -0.3 is 39.4 Å². The number of hydrogen-bond donors (Lipinski definition) is 4. The summed E-state index contributed by atoms with van der Waals surface area (Å²) >= 11 is 0. The van der Waals surface area contributed by atoms with E-state index in [1.54, 1.807) is 48.6 Å². The summed E-state index contributed by atoms with van der Waals surface area (Å²) in [4.78, 5) is 43.3. The van der Waals surface area contributed by atoms with Gasteiger partial charge in [0, 0.05) is 25.7 Å². The van der Waals surface area contributed by atoms with E-state index in [4.69, 9.17) is 18.9 Å². The molecule has 0 aromatic heterocycles. The highest BCUT2D eigenvalue weighted by Crippen LogP contribution is 2.19. The first-order valence-electron chi connectivity index (χ1n) is 17.6. The molecule has 0 radical (unpaired) electrons. The van der Waals surface area contributed by atoms with Gasteiger partial charge in [-0.25, -0.2) is 0 Å². The molecule has 12 nitrogen and oxygen atoms in total. The van der Waals surface area contributed by atoms with Crippen LogP contribution in [0, 0.1) is 0 Å². The highest BCUT2D eigenvalue weighted by molar-refractivity contribution is 5.72. The van der Waals surface area contributed by atoms with Gasteiger partial charge in [0.15, 0.2) is 0 Å². The third kappa shape index (κ3) is 19.9. The van der Waals surface area contributed by atoms with Crippen molar-refractivity contribution in [3.63, 3.8) is 0 Å². The zero-order valence-corrected chi connectivity index (χ0v) is 30.6. The summed E-state index contributed by atoms with van der Waals surface area (Å²) < 4.78 is 19.7. The Labute approximate surface area is 307 Å². The van der Waals surface area contributed by atoms with Crippen LogP contribution in [0.1, 0.15) is 79.1 Å². The molecule has 12 heteroatoms. The van der Waals surface area contributed by atoms with E-state index >= 15 is 0 Å². The van der Waals surface area contributed by atoms with Gasteiger partial charge in [0.2, 0.25) is 0 Å². The zero-order chi connectivity index (χ0) is 38.7. The molecule has 0 aliphatic carbocycles. The van der Waals surface area contributed by atoms with E-state index in [9.17, 15) is 39.6 Å². The Morgan fingerprint density at radius 3 is 1.10 bits per heavy atom. The average molecular weight is 729 g/mol. The number of aliphatic hydroxyl groups excluding tert-OH is 4. The Morgan fingerprint density at radius 2 is 0.788 bits per heavy atom. The third-order valence-corrected chi connectivity index (χ3v) is 7.59. The number of ether oxygens (including phenoxy) is 4. The predicted molar refractivity (Wildman–Crippen MR) is 196 cm³/mol. The molecule has 0 amide bonds. The molecule has 4 saturated heterocycles. The van der Waals surface area contributed by atoms with Crippen LogP contribution in [0.4, 0.5) is 0 Å². The molecule has 4 heterocycles. The first kappa shape index (κ1) is 45.7. The number of allylic oxidation sites excluding steroid dienone is 12. The Hall–Kier alpha value is -4.36. The molecule has 4 aliphatic heterocycles. The van der Waals surface area contributed by atoms with Crippen molar-refractivity contribution in [2.75, 3.05) is 0 Å². The van der Waals surface area contributed by atoms with Crippen molar-refractivity contribution >= 4 is 23.9 Å². The first-order chi connectivity index (χ1) is 24.9. The van der Waals surface area contributed by atoms with Gasteiger partial charge in [0.25, 0.3) is 0 Å². The second-order valence-corrected chi connectivity index (χ2v) is 11.9. The number of aliphatic hydroxyl groups is 4. The standard InChI is InChI=1S/4C10H14O3/c3*1-2-3-4-5-9-8(11)6-7-10(12)13-9;1-2-3-4-5-8(11)9-6-7-10(12)13-9/h4*2-5,8-9,11H,6-7H2,1H3/b3-2+,5-4+;3-2+,5-4-;3-2-,5-4-;3-2+,5-4+/t4*8-,9+/m0000/s1. The molecule has 4 N–H and O–H groups in total. The molecule has 0 bridgehead atoms. The maximum Gasteiger partial charge on any atom is 0.306 e. The van der Waals surface area contributed by atoms with Gasteiger partial charge in [-0.1, -0.05) is 79.0 Å². The minimum absolute atomic E-state index is 0.219. The van der Waals surface area contributed by atoms with Crippen molar-refractivity contribution in [2.45, 2.75) is 128 Å². The summed E-state index contributed by atoms with van der Waals surface area (Å²) in [5.74, 6) is -0.926. The minimum atomic E-state index is -0.678. The number of carbonyl (C=O) groups is 4. The summed E-state index contributed by atoms with van der Waals surface area (Å²) in [5, 5.41) is 37.8. The molecule has 52 heavy (non-hydrogen) atoms. The van der Waals surface area contributed by atoms with Gasteiger partial charge in [-0.05, 0) is 71.6 Å². The van der Waals surface area contributed by atoms with E-state index in [1.807, 2.05) is 76.3 Å². The smallest absolute Gasteiger partial charge is 0.306 e. The molecule has 4 rings (SSSR count). The number of hydrogen-bond acceptors (Lipinski definition) is 12. The van der Waals surface area contributed by atoms with Crippen LogP contribution in [0.15, 0.2) is 97.2 Å². The maximum absolute atomic E-state index is 10.9. The summed E-state index contributed by atoms with van der Waals surface area (Å²) in [6.45, 7) is 7.58. The highest BCUT2D eigenvalue weighted by atomic mass is 16.6. The van der Waals surface area contributed by atoms with Crippen LogP contribution in [0.2, 0.25) is 0 Å². The summed E-state index contributed by atoms with van der Waals surface area (Å²) in [6, 6.07) is 0. The highest BCUT2D eigenvalue weighted by Gasteiger charge is 2.29. The lowest BCUT2D eigenvalue weighted by Crippen LogP contribution is -2.34. The van der Waals surface area contributed by atoms with Crippen LogP contribution in [0.25, 0.3) is 0 Å². The average Bonchev–Trinajstić information content (AvgIpc) is 3.57. The SMILES string of the molecule is C/C=C/C=C/[C@H](O)[C@H]1CCC(=O)O1.C/C=C/C=C/[C@H]1OC(=O)CC[C@@H]1O.C/C=C/C=C\[C@H]1OC(=O)CC[C@@H]1O.C/C=C\C=C/[C@H]1OC(=O)CC[C@@H]1O. The van der Waals surface area contributed by atoms with Gasteiger partial charge in [-0.15, -0.1) is 0 Å². The number of cyclic esters (lactones) is 4. The van der Waals surface area contributed by atoms with E-state index < -0.39 is 42.7 Å². The molecular formula is C40H56O12. The van der Waals surface area contributed by atoms with Crippen LogP contribution < -0.4 is 0 Å². The summed E-state index contributed by atoms with van der Waals surface area (Å²) in [7, 11) is 0. The maximum atomic E-state index is 10.9. The van der Waals surface area contributed by atoms with Crippen molar-refractivity contribution in [2.24, 2.45) is 0 Å². The molecule has 0 saturated carbocycles. The van der Waals surface area contributed by atoms with Gasteiger partial charge in [0.05, 0.1) is 18.3 Å². The quantitative estimate of drug-likeness (QED) is 0.145. The fourth-order valence-electron chi connectivity index (χ4n) is 4.71. The van der Waals surface area contributed by atoms with Crippen molar-refractivity contribution in [1.29, 1.82) is 0 Å². The number of carbonyl (C=O) groups excluding carboxylic acids is 4. The molecule has 4 aliphatic rings. The second-order valence-electron chi connectivity index (χ2n) is 11.9. The van der Waals surface area contributed by atoms with Crippen molar-refractivity contribution < 1.29 is 58.6 Å². The largest absolute Gasteiger partial charge is 0.459 e. The van der Waals surface area contributed by atoms with Gasteiger partial charge in [-0.2, -0.15) is 0 Å². The number of esters is 4. The van der Waals surface area contributed by atoms with Crippen LogP contribution in [-0.2, 0) is 38.1 Å². The molecule has 8 atom stereocenters. The van der Waals surface area contributed by atoms with Gasteiger partial charge in [0.1, 0.15) is 30.5 Å². The first-order valence-corrected chi connectivity index (χ1v) is 17.6. The van der Waals surface area contributed by atoms with Crippen molar-refractivity contribution in [3.05, 3.63) is 97.2 Å². The Bertz CT molecular complexity index is 1200. The molecule has 4 fully saturated rings. The van der Waals surface area contributed by atoms with Crippen LogP contribution >= 0.6 is 0 Å². The molecule has 0 aromatic rings. The predicted octanol–water partition coefficient (Wildman–Crippen LogP) is 4.74. The Morgan fingerprint density at radius 1 is 0.481 bits per heavy atom. The molecule has 0 unspecified atom stereocenters. The fourth-order valence-corrected chi connectivity index (χ4v) is 4.71. The minimum Gasteiger partial charge on any atom is -0.459 e.